The normalized spacial score (nSPS) is 12.1. The second kappa shape index (κ2) is 8.25. The molecule has 0 rings (SSSR count). The van der Waals surface area contributed by atoms with E-state index >= 15 is 0 Å². The van der Waals surface area contributed by atoms with Gasteiger partial charge in [0.2, 0.25) is 0 Å². The zero-order chi connectivity index (χ0) is 11.7. The first-order chi connectivity index (χ1) is 6.27. The average Bonchev–Trinajstić information content (AvgIpc) is 2.01. The second-order valence-corrected chi connectivity index (χ2v) is 3.11. The Kier molecular flexibility index (Phi) is 8.91. The Morgan fingerprint density at radius 3 is 1.36 bits per heavy atom. The predicted octanol–water partition coefficient (Wildman–Crippen LogP) is 0.701. The molecule has 5 nitrogen and oxygen atoms in total. The van der Waals surface area contributed by atoms with E-state index in [-0.39, 0.29) is 0 Å². The van der Waals surface area contributed by atoms with Crippen LogP contribution in [0.25, 0.3) is 0 Å². The molecule has 0 aromatic rings. The van der Waals surface area contributed by atoms with Crippen LogP contribution in [0.2, 0.25) is 0 Å². The van der Waals surface area contributed by atoms with Crippen molar-refractivity contribution in [2.45, 2.75) is 26.8 Å². The van der Waals surface area contributed by atoms with Gasteiger partial charge in [-0.1, -0.05) is 13.8 Å². The molecule has 1 unspecified atom stereocenters. The predicted molar refractivity (Wildman–Crippen MR) is 52.9 cm³/mol. The van der Waals surface area contributed by atoms with Gasteiger partial charge in [0.15, 0.2) is 0 Å². The van der Waals surface area contributed by atoms with Crippen molar-refractivity contribution < 1.29 is 19.8 Å². The SMILES string of the molecule is CC(C)C(C)N.O=C(O)/C=C/C(=O)O. The molecule has 0 aromatic heterocycles. The van der Waals surface area contributed by atoms with E-state index in [1.54, 1.807) is 0 Å². The van der Waals surface area contributed by atoms with Crippen LogP contribution in [0.3, 0.4) is 0 Å². The van der Waals surface area contributed by atoms with Gasteiger partial charge in [0, 0.05) is 18.2 Å². The van der Waals surface area contributed by atoms with Crippen LogP contribution in [0.4, 0.5) is 0 Å². The van der Waals surface area contributed by atoms with Gasteiger partial charge in [-0.05, 0) is 12.8 Å². The van der Waals surface area contributed by atoms with Crippen molar-refractivity contribution in [2.75, 3.05) is 0 Å². The van der Waals surface area contributed by atoms with Crippen LogP contribution < -0.4 is 5.73 Å². The maximum absolute atomic E-state index is 9.55. The van der Waals surface area contributed by atoms with Gasteiger partial charge >= 0.3 is 11.9 Å². The number of hydrogen-bond acceptors (Lipinski definition) is 3. The van der Waals surface area contributed by atoms with Crippen LogP contribution in [0, 0.1) is 5.92 Å². The number of carboxylic acid groups (broad SMARTS) is 2. The van der Waals surface area contributed by atoms with E-state index in [1.165, 1.54) is 0 Å². The van der Waals surface area contributed by atoms with Crippen LogP contribution in [-0.4, -0.2) is 28.2 Å². The molecular formula is C9H17NO4. The number of carbonyl (C=O) groups is 2. The van der Waals surface area contributed by atoms with Crippen LogP contribution in [0.15, 0.2) is 12.2 Å². The molecule has 0 bridgehead atoms. The third-order valence-electron chi connectivity index (χ3n) is 1.42. The fourth-order valence-electron chi connectivity index (χ4n) is 0.143. The molecule has 5 heteroatoms. The highest BCUT2D eigenvalue weighted by Crippen LogP contribution is 1.93. The summed E-state index contributed by atoms with van der Waals surface area (Å²) in [6, 6.07) is 0.352. The standard InChI is InChI=1S/C5H13N.C4H4O4/c1-4(2)5(3)6;5-3(6)1-2-4(7)8/h4-5H,6H2,1-3H3;1-2H,(H,5,6)(H,7,8)/b;2-1+. The minimum atomic E-state index is -1.26. The number of nitrogens with two attached hydrogens (primary N) is 1. The summed E-state index contributed by atoms with van der Waals surface area (Å²) in [6.07, 6.45) is 1.12. The molecule has 0 aromatic carbocycles. The second-order valence-electron chi connectivity index (χ2n) is 3.11. The summed E-state index contributed by atoms with van der Waals surface area (Å²) in [7, 11) is 0. The highest BCUT2D eigenvalue weighted by atomic mass is 16.4. The van der Waals surface area contributed by atoms with Crippen LogP contribution in [0.1, 0.15) is 20.8 Å². The van der Waals surface area contributed by atoms with Crippen molar-refractivity contribution in [3.63, 3.8) is 0 Å². The lowest BCUT2D eigenvalue weighted by Gasteiger charge is -2.05. The molecule has 0 aliphatic rings. The molecule has 0 radical (unpaired) electrons. The fraction of sp³-hybridized carbons (Fsp3) is 0.556. The molecule has 0 spiro atoms. The van der Waals surface area contributed by atoms with Crippen LogP contribution in [-0.2, 0) is 9.59 Å². The van der Waals surface area contributed by atoms with Crippen molar-refractivity contribution in [1.82, 2.24) is 0 Å². The Bertz CT molecular complexity index is 187. The highest BCUT2D eigenvalue weighted by Gasteiger charge is 1.95. The summed E-state index contributed by atoms with van der Waals surface area (Å²) in [4.78, 5) is 19.1. The van der Waals surface area contributed by atoms with E-state index in [0.717, 1.165) is 0 Å². The molecule has 0 heterocycles. The quantitative estimate of drug-likeness (QED) is 0.586. The maximum atomic E-state index is 9.55. The summed E-state index contributed by atoms with van der Waals surface area (Å²) in [5, 5.41) is 15.6. The van der Waals surface area contributed by atoms with Crippen molar-refractivity contribution in [2.24, 2.45) is 11.7 Å². The largest absolute Gasteiger partial charge is 0.478 e. The lowest BCUT2D eigenvalue weighted by Crippen LogP contribution is -2.21. The minimum absolute atomic E-state index is 0.352. The summed E-state index contributed by atoms with van der Waals surface area (Å²) in [6.45, 7) is 6.25. The van der Waals surface area contributed by atoms with Crippen molar-refractivity contribution in [3.05, 3.63) is 12.2 Å². The van der Waals surface area contributed by atoms with Gasteiger partial charge < -0.3 is 15.9 Å². The van der Waals surface area contributed by atoms with E-state index < -0.39 is 11.9 Å². The highest BCUT2D eigenvalue weighted by molar-refractivity contribution is 5.89. The molecule has 0 saturated heterocycles. The topological polar surface area (TPSA) is 101 Å². The molecule has 0 amide bonds. The minimum Gasteiger partial charge on any atom is -0.478 e. The monoisotopic (exact) mass is 203 g/mol. The van der Waals surface area contributed by atoms with E-state index in [2.05, 4.69) is 13.8 Å². The lowest BCUT2D eigenvalue weighted by atomic mass is 10.1. The van der Waals surface area contributed by atoms with Gasteiger partial charge in [-0.25, -0.2) is 9.59 Å². The molecule has 82 valence electrons. The van der Waals surface area contributed by atoms with Gasteiger partial charge in [0.1, 0.15) is 0 Å². The molecule has 0 aliphatic heterocycles. The van der Waals surface area contributed by atoms with Gasteiger partial charge in [-0.3, -0.25) is 0 Å². The first-order valence-corrected chi connectivity index (χ1v) is 4.16. The molecule has 14 heavy (non-hydrogen) atoms. The fourth-order valence-corrected chi connectivity index (χ4v) is 0.143. The number of aliphatic carboxylic acids is 2. The van der Waals surface area contributed by atoms with Crippen molar-refractivity contribution in [3.8, 4) is 0 Å². The summed E-state index contributed by atoms with van der Waals surface area (Å²) >= 11 is 0. The Hall–Kier alpha value is -1.36. The smallest absolute Gasteiger partial charge is 0.328 e. The molecule has 1 atom stereocenters. The van der Waals surface area contributed by atoms with E-state index in [1.807, 2.05) is 6.92 Å². The third-order valence-corrected chi connectivity index (χ3v) is 1.42. The zero-order valence-electron chi connectivity index (χ0n) is 8.60. The third kappa shape index (κ3) is 16.9. The maximum Gasteiger partial charge on any atom is 0.328 e. The average molecular weight is 203 g/mol. The van der Waals surface area contributed by atoms with E-state index in [0.29, 0.717) is 24.1 Å². The Morgan fingerprint density at radius 2 is 1.29 bits per heavy atom. The Morgan fingerprint density at radius 1 is 1.07 bits per heavy atom. The lowest BCUT2D eigenvalue weighted by molar-refractivity contribution is -0.134. The number of rotatable bonds is 3. The van der Waals surface area contributed by atoms with Crippen LogP contribution >= 0.6 is 0 Å². The first-order valence-electron chi connectivity index (χ1n) is 4.16. The summed E-state index contributed by atoms with van der Waals surface area (Å²) in [5.74, 6) is -1.88. The summed E-state index contributed by atoms with van der Waals surface area (Å²) in [5.41, 5.74) is 5.44. The Labute approximate surface area is 83.2 Å². The van der Waals surface area contributed by atoms with E-state index in [4.69, 9.17) is 15.9 Å². The Balaban J connectivity index is 0. The van der Waals surface area contributed by atoms with Crippen LogP contribution in [0.5, 0.6) is 0 Å². The number of carboxylic acids is 2. The molecule has 0 saturated carbocycles. The molecule has 0 aliphatic carbocycles. The van der Waals surface area contributed by atoms with Gasteiger partial charge in [0.05, 0.1) is 0 Å². The molecule has 0 fully saturated rings. The zero-order valence-corrected chi connectivity index (χ0v) is 8.60. The van der Waals surface area contributed by atoms with Gasteiger partial charge in [-0.2, -0.15) is 0 Å². The van der Waals surface area contributed by atoms with E-state index in [9.17, 15) is 9.59 Å². The van der Waals surface area contributed by atoms with Crippen molar-refractivity contribution >= 4 is 11.9 Å². The first kappa shape index (κ1) is 15.1. The van der Waals surface area contributed by atoms with Gasteiger partial charge in [0.25, 0.3) is 0 Å². The van der Waals surface area contributed by atoms with Crippen molar-refractivity contribution in [1.29, 1.82) is 0 Å². The molecular weight excluding hydrogens is 186 g/mol. The summed E-state index contributed by atoms with van der Waals surface area (Å²) < 4.78 is 0. The molecule has 4 N–H and O–H groups in total. The van der Waals surface area contributed by atoms with Gasteiger partial charge in [-0.15, -0.1) is 0 Å². The number of hydrogen-bond donors (Lipinski definition) is 3.